The van der Waals surface area contributed by atoms with Gasteiger partial charge in [-0.1, -0.05) is 12.1 Å². The summed E-state index contributed by atoms with van der Waals surface area (Å²) in [5.41, 5.74) is 6.72. The van der Waals surface area contributed by atoms with Gasteiger partial charge in [-0.05, 0) is 66.9 Å². The molecule has 5 unspecified atom stereocenters. The molecule has 1 nitrogen and oxygen atoms in total. The van der Waals surface area contributed by atoms with Crippen molar-refractivity contribution in [2.75, 3.05) is 0 Å². The molecule has 2 N–H and O–H groups in total. The lowest BCUT2D eigenvalue weighted by Gasteiger charge is -2.16. The Kier molecular flexibility index (Phi) is 2.50. The first-order valence-corrected chi connectivity index (χ1v) is 7.35. The largest absolute Gasteiger partial charge is 0.327 e. The minimum Gasteiger partial charge on any atom is -0.327 e. The molecule has 0 amide bonds. The number of rotatable bonds is 3. The molecular formula is C16H19F2N. The summed E-state index contributed by atoms with van der Waals surface area (Å²) >= 11 is 0. The van der Waals surface area contributed by atoms with Crippen LogP contribution < -0.4 is 5.73 Å². The van der Waals surface area contributed by atoms with E-state index < -0.39 is 11.6 Å². The lowest BCUT2D eigenvalue weighted by molar-refractivity contribution is 0.404. The second kappa shape index (κ2) is 4.02. The predicted molar refractivity (Wildman–Crippen MR) is 69.3 cm³/mol. The van der Waals surface area contributed by atoms with Crippen LogP contribution in [0.15, 0.2) is 18.2 Å². The topological polar surface area (TPSA) is 26.0 Å². The van der Waals surface area contributed by atoms with Crippen LogP contribution >= 0.6 is 0 Å². The molecule has 0 radical (unpaired) electrons. The number of nitrogens with two attached hydrogens (primary N) is 1. The van der Waals surface area contributed by atoms with Gasteiger partial charge >= 0.3 is 0 Å². The van der Waals surface area contributed by atoms with Crippen molar-refractivity contribution in [3.63, 3.8) is 0 Å². The molecular weight excluding hydrogens is 244 g/mol. The fraction of sp³-hybridized carbons (Fsp3) is 0.625. The molecule has 0 spiro atoms. The van der Waals surface area contributed by atoms with Gasteiger partial charge in [0.1, 0.15) is 0 Å². The number of benzene rings is 1. The highest BCUT2D eigenvalue weighted by atomic mass is 19.2. The van der Waals surface area contributed by atoms with Gasteiger partial charge in [-0.3, -0.25) is 0 Å². The zero-order valence-corrected chi connectivity index (χ0v) is 10.9. The lowest BCUT2D eigenvalue weighted by Crippen LogP contribution is -2.29. The fourth-order valence-electron chi connectivity index (χ4n) is 5.06. The minimum absolute atomic E-state index is 0.00491. The molecule has 3 fully saturated rings. The Morgan fingerprint density at radius 1 is 1.16 bits per heavy atom. The van der Waals surface area contributed by atoms with E-state index in [0.29, 0.717) is 17.9 Å². The van der Waals surface area contributed by atoms with Crippen molar-refractivity contribution < 1.29 is 8.78 Å². The van der Waals surface area contributed by atoms with Gasteiger partial charge in [-0.25, -0.2) is 8.78 Å². The van der Waals surface area contributed by atoms with E-state index in [4.69, 9.17) is 5.73 Å². The monoisotopic (exact) mass is 263 g/mol. The Balaban J connectivity index is 1.48. The van der Waals surface area contributed by atoms with Gasteiger partial charge in [0.05, 0.1) is 0 Å². The molecule has 2 bridgehead atoms. The maximum absolute atomic E-state index is 13.7. The fourth-order valence-corrected chi connectivity index (χ4v) is 5.06. The van der Waals surface area contributed by atoms with Crippen molar-refractivity contribution in [3.8, 4) is 0 Å². The second-order valence-electron chi connectivity index (χ2n) is 6.65. The van der Waals surface area contributed by atoms with Gasteiger partial charge in [0.15, 0.2) is 11.6 Å². The van der Waals surface area contributed by atoms with Crippen LogP contribution in [0.1, 0.15) is 24.8 Å². The Bertz CT molecular complexity index is 499. The maximum Gasteiger partial charge on any atom is 0.162 e. The molecule has 19 heavy (non-hydrogen) atoms. The molecule has 102 valence electrons. The molecule has 4 rings (SSSR count). The van der Waals surface area contributed by atoms with Crippen molar-refractivity contribution in [1.82, 2.24) is 0 Å². The van der Waals surface area contributed by atoms with Crippen LogP contribution in [0.2, 0.25) is 0 Å². The third-order valence-electron chi connectivity index (χ3n) is 5.78. The van der Waals surface area contributed by atoms with Crippen molar-refractivity contribution in [2.24, 2.45) is 35.3 Å². The quantitative estimate of drug-likeness (QED) is 0.891. The summed E-state index contributed by atoms with van der Waals surface area (Å²) in [6.07, 6.45) is 4.60. The van der Waals surface area contributed by atoms with Gasteiger partial charge in [0.2, 0.25) is 0 Å². The highest BCUT2D eigenvalue weighted by Crippen LogP contribution is 2.70. The van der Waals surface area contributed by atoms with E-state index in [1.165, 1.54) is 19.3 Å². The lowest BCUT2D eigenvalue weighted by atomic mass is 9.94. The molecule has 1 aromatic carbocycles. The standard InChI is InChI=1S/C16H19F2N/c17-11-3-1-2-10(16(11)18)7-12(19)15-13-8-4-5-9(6-8)14(13)15/h1-3,8-9,12-15H,4-7,19H2. The Labute approximate surface area is 112 Å². The van der Waals surface area contributed by atoms with E-state index in [1.807, 2.05) is 0 Å². The molecule has 3 saturated carbocycles. The summed E-state index contributed by atoms with van der Waals surface area (Å²) in [7, 11) is 0. The third-order valence-corrected chi connectivity index (χ3v) is 5.78. The number of hydrogen-bond donors (Lipinski definition) is 1. The SMILES string of the molecule is NC(Cc1cccc(F)c1F)C1C2C3CCC(C3)C12. The zero-order chi connectivity index (χ0) is 13.1. The Morgan fingerprint density at radius 2 is 1.84 bits per heavy atom. The number of halogens is 2. The molecule has 3 heteroatoms. The molecule has 3 aliphatic carbocycles. The van der Waals surface area contributed by atoms with Crippen LogP contribution in [0.3, 0.4) is 0 Å². The van der Waals surface area contributed by atoms with Crippen molar-refractivity contribution in [2.45, 2.75) is 31.7 Å². The van der Waals surface area contributed by atoms with Crippen LogP contribution in [-0.4, -0.2) is 6.04 Å². The minimum atomic E-state index is -0.763. The van der Waals surface area contributed by atoms with E-state index in [0.717, 1.165) is 29.7 Å². The second-order valence-corrected chi connectivity index (χ2v) is 6.65. The molecule has 0 aliphatic heterocycles. The van der Waals surface area contributed by atoms with Crippen LogP contribution in [0.4, 0.5) is 8.78 Å². The molecule has 0 saturated heterocycles. The molecule has 0 aromatic heterocycles. The van der Waals surface area contributed by atoms with Gasteiger partial charge in [-0.15, -0.1) is 0 Å². The van der Waals surface area contributed by atoms with Gasteiger partial charge in [0.25, 0.3) is 0 Å². The van der Waals surface area contributed by atoms with E-state index in [-0.39, 0.29) is 6.04 Å². The summed E-state index contributed by atoms with van der Waals surface area (Å²) in [6.45, 7) is 0. The first kappa shape index (κ1) is 11.8. The van der Waals surface area contributed by atoms with Crippen LogP contribution in [-0.2, 0) is 6.42 Å². The number of fused-ring (bicyclic) bond motifs is 5. The molecule has 1 aromatic rings. The van der Waals surface area contributed by atoms with Gasteiger partial charge in [0, 0.05) is 6.04 Å². The Morgan fingerprint density at radius 3 is 2.53 bits per heavy atom. The van der Waals surface area contributed by atoms with Crippen molar-refractivity contribution >= 4 is 0 Å². The smallest absolute Gasteiger partial charge is 0.162 e. The molecule has 5 atom stereocenters. The predicted octanol–water partition coefficient (Wildman–Crippen LogP) is 3.13. The average molecular weight is 263 g/mol. The van der Waals surface area contributed by atoms with Crippen LogP contribution in [0.25, 0.3) is 0 Å². The summed E-state index contributed by atoms with van der Waals surface area (Å²) in [5, 5.41) is 0. The first-order valence-electron chi connectivity index (χ1n) is 7.35. The summed E-state index contributed by atoms with van der Waals surface area (Å²) < 4.78 is 26.9. The summed E-state index contributed by atoms with van der Waals surface area (Å²) in [4.78, 5) is 0. The van der Waals surface area contributed by atoms with Gasteiger partial charge < -0.3 is 5.73 Å². The van der Waals surface area contributed by atoms with Crippen LogP contribution in [0, 0.1) is 41.2 Å². The van der Waals surface area contributed by atoms with E-state index in [9.17, 15) is 8.78 Å². The maximum atomic E-state index is 13.7. The number of hydrogen-bond acceptors (Lipinski definition) is 1. The molecule has 3 aliphatic rings. The van der Waals surface area contributed by atoms with E-state index in [1.54, 1.807) is 12.1 Å². The van der Waals surface area contributed by atoms with E-state index in [2.05, 4.69) is 0 Å². The van der Waals surface area contributed by atoms with Crippen LogP contribution in [0.5, 0.6) is 0 Å². The first-order chi connectivity index (χ1) is 9.16. The van der Waals surface area contributed by atoms with Crippen molar-refractivity contribution in [1.29, 1.82) is 0 Å². The highest BCUT2D eigenvalue weighted by Gasteiger charge is 2.66. The average Bonchev–Trinajstić information content (AvgIpc) is 2.84. The third kappa shape index (κ3) is 1.67. The molecule has 0 heterocycles. The highest BCUT2D eigenvalue weighted by molar-refractivity contribution is 5.23. The summed E-state index contributed by atoms with van der Waals surface area (Å²) in [6, 6.07) is 4.38. The van der Waals surface area contributed by atoms with E-state index >= 15 is 0 Å². The van der Waals surface area contributed by atoms with Crippen molar-refractivity contribution in [3.05, 3.63) is 35.4 Å². The Hall–Kier alpha value is -0.960. The summed E-state index contributed by atoms with van der Waals surface area (Å²) in [5.74, 6) is 2.43. The zero-order valence-electron chi connectivity index (χ0n) is 10.9. The van der Waals surface area contributed by atoms with Gasteiger partial charge in [-0.2, -0.15) is 0 Å². The normalized spacial score (nSPS) is 40.3.